The van der Waals surface area contributed by atoms with Gasteiger partial charge in [0.25, 0.3) is 0 Å². The molecular formula is C22H22N2O. The van der Waals surface area contributed by atoms with Gasteiger partial charge in [0.15, 0.2) is 0 Å². The van der Waals surface area contributed by atoms with E-state index in [1.165, 1.54) is 32.9 Å². The molecule has 0 unspecified atom stereocenters. The first-order chi connectivity index (χ1) is 12.3. The quantitative estimate of drug-likeness (QED) is 0.586. The molecule has 126 valence electrons. The molecule has 0 atom stereocenters. The van der Waals surface area contributed by atoms with E-state index in [0.717, 1.165) is 12.3 Å². The van der Waals surface area contributed by atoms with Crippen LogP contribution in [0.4, 0.5) is 0 Å². The Morgan fingerprint density at radius 3 is 2.44 bits per heavy atom. The second-order valence-corrected chi connectivity index (χ2v) is 6.38. The average Bonchev–Trinajstić information content (AvgIpc) is 2.96. The zero-order valence-corrected chi connectivity index (χ0v) is 14.4. The van der Waals surface area contributed by atoms with E-state index in [4.69, 9.17) is 10.5 Å². The van der Waals surface area contributed by atoms with Gasteiger partial charge in [0.1, 0.15) is 12.4 Å². The van der Waals surface area contributed by atoms with Crippen LogP contribution in [0.25, 0.3) is 21.8 Å². The molecule has 4 rings (SSSR count). The van der Waals surface area contributed by atoms with Crippen molar-refractivity contribution in [3.8, 4) is 5.75 Å². The summed E-state index contributed by atoms with van der Waals surface area (Å²) in [5, 5.41) is 2.39. The van der Waals surface area contributed by atoms with E-state index in [2.05, 4.69) is 72.2 Å². The van der Waals surface area contributed by atoms with Crippen LogP contribution in [0.2, 0.25) is 0 Å². The molecule has 0 radical (unpaired) electrons. The Morgan fingerprint density at radius 1 is 0.880 bits per heavy atom. The normalized spacial score (nSPS) is 11.3. The standard InChI is InChI=1S/C22H22N2O/c1-16-9-11-17(12-10-16)15-24-19-6-3-2-5-18(19)22-20(24)7-4-8-21(22)25-14-13-23/h2-12H,13-15,23H2,1H3. The van der Waals surface area contributed by atoms with E-state index < -0.39 is 0 Å². The van der Waals surface area contributed by atoms with E-state index in [-0.39, 0.29) is 0 Å². The number of ether oxygens (including phenoxy) is 1. The van der Waals surface area contributed by atoms with Crippen LogP contribution in [0.15, 0.2) is 66.7 Å². The molecule has 4 aromatic rings. The molecule has 0 spiro atoms. The van der Waals surface area contributed by atoms with Crippen molar-refractivity contribution in [2.75, 3.05) is 13.2 Å². The Bertz CT molecular complexity index is 1020. The van der Waals surface area contributed by atoms with Gasteiger partial charge in [-0.3, -0.25) is 0 Å². The van der Waals surface area contributed by atoms with Crippen LogP contribution in [-0.2, 0) is 6.54 Å². The highest BCUT2D eigenvalue weighted by Gasteiger charge is 2.14. The molecule has 1 heterocycles. The molecule has 3 aromatic carbocycles. The van der Waals surface area contributed by atoms with Crippen LogP contribution in [0.5, 0.6) is 5.75 Å². The number of hydrogen-bond donors (Lipinski definition) is 1. The average molecular weight is 330 g/mol. The van der Waals surface area contributed by atoms with Crippen molar-refractivity contribution in [1.82, 2.24) is 4.57 Å². The molecule has 0 aliphatic heterocycles. The third kappa shape index (κ3) is 2.87. The van der Waals surface area contributed by atoms with Crippen molar-refractivity contribution in [3.05, 3.63) is 77.9 Å². The SMILES string of the molecule is Cc1ccc(Cn2c3ccccc3c3c(OCCN)cccc32)cc1. The highest BCUT2D eigenvalue weighted by molar-refractivity contribution is 6.11. The highest BCUT2D eigenvalue weighted by atomic mass is 16.5. The van der Waals surface area contributed by atoms with Gasteiger partial charge in [-0.25, -0.2) is 0 Å². The number of nitrogens with two attached hydrogens (primary N) is 1. The Kier molecular flexibility index (Phi) is 4.16. The zero-order chi connectivity index (χ0) is 17.2. The van der Waals surface area contributed by atoms with E-state index in [1.807, 2.05) is 6.07 Å². The fourth-order valence-corrected chi connectivity index (χ4v) is 3.40. The van der Waals surface area contributed by atoms with E-state index in [9.17, 15) is 0 Å². The lowest BCUT2D eigenvalue weighted by Gasteiger charge is -2.09. The van der Waals surface area contributed by atoms with Gasteiger partial charge in [0.05, 0.1) is 5.52 Å². The van der Waals surface area contributed by atoms with Crippen LogP contribution in [0.3, 0.4) is 0 Å². The number of nitrogens with zero attached hydrogens (tertiary/aromatic N) is 1. The molecule has 3 nitrogen and oxygen atoms in total. The Hall–Kier alpha value is -2.78. The minimum absolute atomic E-state index is 0.512. The maximum Gasteiger partial charge on any atom is 0.129 e. The van der Waals surface area contributed by atoms with Gasteiger partial charge in [-0.1, -0.05) is 54.1 Å². The minimum atomic E-state index is 0.512. The summed E-state index contributed by atoms with van der Waals surface area (Å²) in [5.41, 5.74) is 10.6. The zero-order valence-electron chi connectivity index (χ0n) is 14.4. The van der Waals surface area contributed by atoms with Crippen molar-refractivity contribution in [2.24, 2.45) is 5.73 Å². The Morgan fingerprint density at radius 2 is 1.64 bits per heavy atom. The summed E-state index contributed by atoms with van der Waals surface area (Å²) in [5.74, 6) is 0.904. The molecule has 3 heteroatoms. The molecule has 1 aromatic heterocycles. The minimum Gasteiger partial charge on any atom is -0.492 e. The molecule has 0 saturated carbocycles. The predicted molar refractivity (Wildman–Crippen MR) is 104 cm³/mol. The first kappa shape index (κ1) is 15.7. The summed E-state index contributed by atoms with van der Waals surface area (Å²) in [6, 6.07) is 23.5. The van der Waals surface area contributed by atoms with Gasteiger partial charge < -0.3 is 15.0 Å². The van der Waals surface area contributed by atoms with Gasteiger partial charge in [-0.2, -0.15) is 0 Å². The second kappa shape index (κ2) is 6.61. The fraction of sp³-hybridized carbons (Fsp3) is 0.182. The van der Waals surface area contributed by atoms with Gasteiger partial charge in [0, 0.05) is 29.4 Å². The smallest absolute Gasteiger partial charge is 0.129 e. The van der Waals surface area contributed by atoms with Crippen LogP contribution in [0, 0.1) is 6.92 Å². The second-order valence-electron chi connectivity index (χ2n) is 6.38. The number of hydrogen-bond acceptors (Lipinski definition) is 2. The first-order valence-electron chi connectivity index (χ1n) is 8.66. The highest BCUT2D eigenvalue weighted by Crippen LogP contribution is 2.36. The van der Waals surface area contributed by atoms with E-state index in [0.29, 0.717) is 13.2 Å². The van der Waals surface area contributed by atoms with Crippen molar-refractivity contribution in [3.63, 3.8) is 0 Å². The van der Waals surface area contributed by atoms with Crippen LogP contribution < -0.4 is 10.5 Å². The maximum atomic E-state index is 5.92. The summed E-state index contributed by atoms with van der Waals surface area (Å²) >= 11 is 0. The number of aromatic nitrogens is 1. The maximum absolute atomic E-state index is 5.92. The first-order valence-corrected chi connectivity index (χ1v) is 8.66. The summed E-state index contributed by atoms with van der Waals surface area (Å²) in [6.07, 6.45) is 0. The van der Waals surface area contributed by atoms with Gasteiger partial charge >= 0.3 is 0 Å². The van der Waals surface area contributed by atoms with Crippen LogP contribution >= 0.6 is 0 Å². The summed E-state index contributed by atoms with van der Waals surface area (Å²) in [7, 11) is 0. The fourth-order valence-electron chi connectivity index (χ4n) is 3.40. The van der Waals surface area contributed by atoms with Crippen molar-refractivity contribution < 1.29 is 4.74 Å². The van der Waals surface area contributed by atoms with Gasteiger partial charge in [0.2, 0.25) is 0 Å². The largest absolute Gasteiger partial charge is 0.492 e. The molecule has 0 aliphatic rings. The molecule has 0 fully saturated rings. The van der Waals surface area contributed by atoms with Crippen LogP contribution in [0.1, 0.15) is 11.1 Å². The number of rotatable bonds is 5. The summed E-state index contributed by atoms with van der Waals surface area (Å²) in [4.78, 5) is 0. The number of benzene rings is 3. The number of para-hydroxylation sites is 1. The summed E-state index contributed by atoms with van der Waals surface area (Å²) in [6.45, 7) is 3.99. The molecule has 0 bridgehead atoms. The Labute approximate surface area is 147 Å². The summed E-state index contributed by atoms with van der Waals surface area (Å²) < 4.78 is 8.28. The van der Waals surface area contributed by atoms with Gasteiger partial charge in [-0.05, 0) is 30.7 Å². The Balaban J connectivity index is 1.91. The molecule has 0 aliphatic carbocycles. The lowest BCUT2D eigenvalue weighted by molar-refractivity contribution is 0.332. The molecule has 25 heavy (non-hydrogen) atoms. The van der Waals surface area contributed by atoms with Gasteiger partial charge in [-0.15, -0.1) is 0 Å². The molecule has 2 N–H and O–H groups in total. The van der Waals surface area contributed by atoms with E-state index in [1.54, 1.807) is 0 Å². The number of fused-ring (bicyclic) bond motifs is 3. The monoisotopic (exact) mass is 330 g/mol. The third-order valence-corrected chi connectivity index (χ3v) is 4.60. The molecular weight excluding hydrogens is 308 g/mol. The lowest BCUT2D eigenvalue weighted by Crippen LogP contribution is -2.10. The molecule has 0 saturated heterocycles. The lowest BCUT2D eigenvalue weighted by atomic mass is 10.1. The van der Waals surface area contributed by atoms with Crippen molar-refractivity contribution >= 4 is 21.8 Å². The predicted octanol–water partition coefficient (Wildman–Crippen LogP) is 4.49. The number of aryl methyl sites for hydroxylation is 1. The van der Waals surface area contributed by atoms with Crippen molar-refractivity contribution in [2.45, 2.75) is 13.5 Å². The topological polar surface area (TPSA) is 40.2 Å². The van der Waals surface area contributed by atoms with Crippen molar-refractivity contribution in [1.29, 1.82) is 0 Å². The third-order valence-electron chi connectivity index (χ3n) is 4.60. The van der Waals surface area contributed by atoms with E-state index >= 15 is 0 Å². The molecule has 0 amide bonds. The van der Waals surface area contributed by atoms with Crippen LogP contribution in [-0.4, -0.2) is 17.7 Å².